The van der Waals surface area contributed by atoms with Crippen LogP contribution in [0.3, 0.4) is 0 Å². The van der Waals surface area contributed by atoms with Gasteiger partial charge in [0.1, 0.15) is 5.82 Å². The van der Waals surface area contributed by atoms with Crippen LogP contribution >= 0.6 is 11.3 Å². The first-order chi connectivity index (χ1) is 18.1. The predicted molar refractivity (Wildman–Crippen MR) is 143 cm³/mol. The zero-order valence-electron chi connectivity index (χ0n) is 20.2. The highest BCUT2D eigenvalue weighted by Crippen LogP contribution is 2.44. The topological polar surface area (TPSA) is 90.5 Å². The van der Waals surface area contributed by atoms with E-state index >= 15 is 0 Å². The Labute approximate surface area is 216 Å². The Morgan fingerprint density at radius 1 is 1.03 bits per heavy atom. The fraction of sp³-hybridized carbons (Fsp3) is 0.143. The Kier molecular flexibility index (Phi) is 5.69. The van der Waals surface area contributed by atoms with E-state index in [4.69, 9.17) is 4.74 Å². The molecule has 8 nitrogen and oxygen atoms in total. The fourth-order valence-corrected chi connectivity index (χ4v) is 5.60. The second kappa shape index (κ2) is 9.18. The first-order valence-electron chi connectivity index (χ1n) is 11.9. The van der Waals surface area contributed by atoms with E-state index in [0.717, 1.165) is 10.4 Å². The van der Waals surface area contributed by atoms with E-state index in [0.29, 0.717) is 39.8 Å². The van der Waals surface area contributed by atoms with Crippen molar-refractivity contribution >= 4 is 28.8 Å². The summed E-state index contributed by atoms with van der Waals surface area (Å²) in [6.45, 7) is 3.86. The van der Waals surface area contributed by atoms with Crippen molar-refractivity contribution in [3.8, 4) is 16.4 Å². The molecule has 1 atom stereocenters. The monoisotopic (exact) mass is 509 g/mol. The molecule has 0 radical (unpaired) electrons. The average Bonchev–Trinajstić information content (AvgIpc) is 3.60. The van der Waals surface area contributed by atoms with Gasteiger partial charge in [0.25, 0.3) is 0 Å². The molecule has 3 aromatic heterocycles. The highest BCUT2D eigenvalue weighted by atomic mass is 32.1. The molecule has 0 bridgehead atoms. The summed E-state index contributed by atoms with van der Waals surface area (Å²) in [6.07, 6.45) is 0. The van der Waals surface area contributed by atoms with Crippen molar-refractivity contribution in [1.82, 2.24) is 19.2 Å². The summed E-state index contributed by atoms with van der Waals surface area (Å²) in [6, 6.07) is 23.0. The summed E-state index contributed by atoms with van der Waals surface area (Å²) in [4.78, 5) is 28.3. The van der Waals surface area contributed by atoms with E-state index in [1.54, 1.807) is 15.9 Å². The van der Waals surface area contributed by atoms with E-state index in [1.165, 1.54) is 11.3 Å². The van der Waals surface area contributed by atoms with Gasteiger partial charge in [0.15, 0.2) is 11.5 Å². The molecule has 6 rings (SSSR count). The molecule has 0 saturated carbocycles. The van der Waals surface area contributed by atoms with Gasteiger partial charge in [-0.15, -0.1) is 21.5 Å². The Balaban J connectivity index is 1.76. The number of hydrogen-bond acceptors (Lipinski definition) is 7. The van der Waals surface area contributed by atoms with Gasteiger partial charge in [0.2, 0.25) is 0 Å². The van der Waals surface area contributed by atoms with E-state index in [9.17, 15) is 9.59 Å². The lowest BCUT2D eigenvalue weighted by atomic mass is 9.82. The van der Waals surface area contributed by atoms with Gasteiger partial charge < -0.3 is 10.1 Å². The smallest absolute Gasteiger partial charge is 0.341 e. The maximum Gasteiger partial charge on any atom is 0.341 e. The van der Waals surface area contributed by atoms with Crippen molar-refractivity contribution in [1.29, 1.82) is 0 Å². The van der Waals surface area contributed by atoms with Crippen molar-refractivity contribution in [3.05, 3.63) is 111 Å². The maximum absolute atomic E-state index is 14.1. The van der Waals surface area contributed by atoms with Crippen LogP contribution in [0.15, 0.2) is 94.2 Å². The first kappa shape index (κ1) is 22.9. The molecule has 1 aliphatic rings. The SMILES string of the molecule is CCOC(=O)C1=C(C)Nc2c(c3nnc(-c4cccs4)n3c(=O)n2-c2ccccc2)C1c1ccccc1. The number of fused-ring (bicyclic) bond motifs is 3. The van der Waals surface area contributed by atoms with Crippen molar-refractivity contribution in [2.24, 2.45) is 0 Å². The first-order valence-corrected chi connectivity index (χ1v) is 12.8. The van der Waals surface area contributed by atoms with Crippen LogP contribution in [0.25, 0.3) is 22.0 Å². The predicted octanol–water partition coefficient (Wildman–Crippen LogP) is 5.00. The Morgan fingerprint density at radius 3 is 2.43 bits per heavy atom. The van der Waals surface area contributed by atoms with Gasteiger partial charge >= 0.3 is 11.7 Å². The summed E-state index contributed by atoms with van der Waals surface area (Å²) in [5.74, 6) is 0.0574. The van der Waals surface area contributed by atoms with Crippen molar-refractivity contribution in [2.45, 2.75) is 19.8 Å². The standard InChI is InChI=1S/C28H23N5O3S/c1-3-36-27(34)21-17(2)29-25-23(22(21)18-11-6-4-7-12-18)26-31-30-24(20-15-10-16-37-20)33(26)28(35)32(25)19-13-8-5-9-14-19/h4-16,22,29H,3H2,1-2H3. The molecule has 1 aliphatic heterocycles. The molecule has 184 valence electrons. The number of nitrogens with zero attached hydrogens (tertiary/aromatic N) is 4. The minimum Gasteiger partial charge on any atom is -0.463 e. The molecular formula is C28H23N5O3S. The third-order valence-corrected chi connectivity index (χ3v) is 7.30. The van der Waals surface area contributed by atoms with Crippen molar-refractivity contribution < 1.29 is 9.53 Å². The second-order valence-electron chi connectivity index (χ2n) is 8.60. The van der Waals surface area contributed by atoms with Crippen LogP contribution in [0.4, 0.5) is 5.82 Å². The number of anilines is 1. The second-order valence-corrected chi connectivity index (χ2v) is 9.55. The molecule has 9 heteroatoms. The molecule has 0 spiro atoms. The van der Waals surface area contributed by atoms with E-state index in [1.807, 2.05) is 85.1 Å². The summed E-state index contributed by atoms with van der Waals surface area (Å²) in [5.41, 5.74) is 3.43. The Morgan fingerprint density at radius 2 is 1.76 bits per heavy atom. The van der Waals surface area contributed by atoms with Gasteiger partial charge in [-0.25, -0.2) is 18.6 Å². The van der Waals surface area contributed by atoms with Crippen molar-refractivity contribution in [3.63, 3.8) is 0 Å². The van der Waals surface area contributed by atoms with E-state index in [-0.39, 0.29) is 12.3 Å². The number of benzene rings is 2. The highest BCUT2D eigenvalue weighted by Gasteiger charge is 2.38. The molecule has 0 fully saturated rings. The molecule has 0 aliphatic carbocycles. The van der Waals surface area contributed by atoms with Gasteiger partial charge in [-0.1, -0.05) is 54.6 Å². The molecule has 0 saturated heterocycles. The Bertz CT molecular complexity index is 1700. The number of nitrogens with one attached hydrogen (secondary N) is 1. The molecular weight excluding hydrogens is 486 g/mol. The van der Waals surface area contributed by atoms with Gasteiger partial charge in [-0.2, -0.15) is 0 Å². The number of para-hydroxylation sites is 1. The normalized spacial score (nSPS) is 14.9. The zero-order valence-corrected chi connectivity index (χ0v) is 21.0. The van der Waals surface area contributed by atoms with Crippen LogP contribution < -0.4 is 11.0 Å². The lowest BCUT2D eigenvalue weighted by molar-refractivity contribution is -0.138. The van der Waals surface area contributed by atoms with Crippen LogP contribution in [0.5, 0.6) is 0 Å². The van der Waals surface area contributed by atoms with Gasteiger partial charge in [0, 0.05) is 5.70 Å². The number of allylic oxidation sites excluding steroid dienone is 1. The largest absolute Gasteiger partial charge is 0.463 e. The van der Waals surface area contributed by atoms with Crippen LogP contribution in [-0.2, 0) is 9.53 Å². The molecule has 4 heterocycles. The van der Waals surface area contributed by atoms with Crippen LogP contribution in [0, 0.1) is 0 Å². The number of ether oxygens (including phenoxy) is 1. The number of esters is 1. The molecule has 1 N–H and O–H groups in total. The molecule has 5 aromatic rings. The van der Waals surface area contributed by atoms with E-state index < -0.39 is 11.9 Å². The molecule has 37 heavy (non-hydrogen) atoms. The highest BCUT2D eigenvalue weighted by molar-refractivity contribution is 7.13. The number of hydrogen-bond donors (Lipinski definition) is 1. The number of carbonyl (C=O) groups excluding carboxylic acids is 1. The van der Waals surface area contributed by atoms with Gasteiger partial charge in [0.05, 0.1) is 34.2 Å². The summed E-state index contributed by atoms with van der Waals surface area (Å²) >= 11 is 1.48. The minimum atomic E-state index is -0.532. The number of thiophene rings is 1. The van der Waals surface area contributed by atoms with Gasteiger partial charge in [-0.3, -0.25) is 0 Å². The fourth-order valence-electron chi connectivity index (χ4n) is 4.90. The lowest BCUT2D eigenvalue weighted by Gasteiger charge is -2.32. The van der Waals surface area contributed by atoms with Crippen LogP contribution in [-0.4, -0.2) is 31.7 Å². The zero-order chi connectivity index (χ0) is 25.5. The maximum atomic E-state index is 14.1. The number of carbonyl (C=O) groups is 1. The van der Waals surface area contributed by atoms with Crippen LogP contribution in [0.1, 0.15) is 30.9 Å². The third kappa shape index (κ3) is 3.66. The summed E-state index contributed by atoms with van der Waals surface area (Å²) in [5, 5.41) is 14.3. The summed E-state index contributed by atoms with van der Waals surface area (Å²) in [7, 11) is 0. The Hall–Kier alpha value is -4.50. The van der Waals surface area contributed by atoms with Gasteiger partial charge in [-0.05, 0) is 43.0 Å². The molecule has 1 unspecified atom stereocenters. The lowest BCUT2D eigenvalue weighted by Crippen LogP contribution is -2.34. The quantitative estimate of drug-likeness (QED) is 0.335. The average molecular weight is 510 g/mol. The summed E-state index contributed by atoms with van der Waals surface area (Å²) < 4.78 is 8.66. The van der Waals surface area contributed by atoms with Crippen molar-refractivity contribution in [2.75, 3.05) is 11.9 Å². The third-order valence-electron chi connectivity index (χ3n) is 6.44. The molecule has 0 amide bonds. The minimum absolute atomic E-state index is 0.246. The number of aromatic nitrogens is 4. The molecule has 2 aromatic carbocycles. The number of rotatable bonds is 5. The van der Waals surface area contributed by atoms with E-state index in [2.05, 4.69) is 15.5 Å². The van der Waals surface area contributed by atoms with Crippen LogP contribution in [0.2, 0.25) is 0 Å².